The maximum absolute atomic E-state index is 11.8. The predicted octanol–water partition coefficient (Wildman–Crippen LogP) is -2.41. The number of urea groups is 2. The number of amides is 4. The van der Waals surface area contributed by atoms with Gasteiger partial charge in [0.15, 0.2) is 12.3 Å². The van der Waals surface area contributed by atoms with E-state index >= 15 is 0 Å². The highest BCUT2D eigenvalue weighted by Crippen LogP contribution is 2.32. The number of nitrogens with zero attached hydrogens (tertiary/aromatic N) is 4. The summed E-state index contributed by atoms with van der Waals surface area (Å²) in [5, 5.41) is 27.4. The predicted molar refractivity (Wildman–Crippen MR) is 52.9 cm³/mol. The molecule has 0 aromatic carbocycles. The number of aliphatic hydroxyl groups excluding tert-OH is 3. The molecule has 0 radical (unpaired) electrons. The molecule has 9 heteroatoms. The zero-order chi connectivity index (χ0) is 12.7. The van der Waals surface area contributed by atoms with E-state index in [1.54, 1.807) is 0 Å². The van der Waals surface area contributed by atoms with E-state index in [1.807, 2.05) is 0 Å². The minimum absolute atomic E-state index is 0.466. The van der Waals surface area contributed by atoms with Gasteiger partial charge in [-0.05, 0) is 0 Å². The van der Waals surface area contributed by atoms with E-state index in [4.69, 9.17) is 15.3 Å². The smallest absolute Gasteiger partial charge is 0.327 e. The minimum atomic E-state index is -0.790. The molecule has 2 rings (SSSR count). The van der Waals surface area contributed by atoms with Crippen LogP contribution in [-0.2, 0) is 0 Å². The molecule has 0 aromatic heterocycles. The van der Waals surface area contributed by atoms with Crippen molar-refractivity contribution in [2.45, 2.75) is 12.3 Å². The molecule has 17 heavy (non-hydrogen) atoms. The summed E-state index contributed by atoms with van der Waals surface area (Å²) in [7, 11) is 1.46. The van der Waals surface area contributed by atoms with Crippen molar-refractivity contribution < 1.29 is 24.9 Å². The first-order valence-corrected chi connectivity index (χ1v) is 5.01. The van der Waals surface area contributed by atoms with Gasteiger partial charge in [0.25, 0.3) is 0 Å². The van der Waals surface area contributed by atoms with Crippen LogP contribution in [0.4, 0.5) is 9.59 Å². The highest BCUT2D eigenvalue weighted by atomic mass is 16.3. The van der Waals surface area contributed by atoms with Gasteiger partial charge < -0.3 is 20.2 Å². The highest BCUT2D eigenvalue weighted by Gasteiger charge is 2.57. The summed E-state index contributed by atoms with van der Waals surface area (Å²) in [6.45, 7) is -1.71. The quantitative estimate of drug-likeness (QED) is 0.514. The third-order valence-electron chi connectivity index (χ3n) is 3.12. The Morgan fingerprint density at radius 3 is 1.76 bits per heavy atom. The third kappa shape index (κ3) is 1.36. The first-order valence-electron chi connectivity index (χ1n) is 5.01. The Bertz CT molecular complexity index is 349. The first kappa shape index (κ1) is 11.9. The number of hydrogen-bond donors (Lipinski definition) is 3. The molecule has 4 amide bonds. The Hall–Kier alpha value is -1.58. The summed E-state index contributed by atoms with van der Waals surface area (Å²) < 4.78 is 0. The molecule has 0 saturated carbocycles. The van der Waals surface area contributed by atoms with Gasteiger partial charge in [0.1, 0.15) is 20.2 Å². The van der Waals surface area contributed by atoms with Crippen LogP contribution < -0.4 is 0 Å². The van der Waals surface area contributed by atoms with Crippen molar-refractivity contribution in [3.05, 3.63) is 0 Å². The molecule has 3 N–H and O–H groups in total. The van der Waals surface area contributed by atoms with Crippen molar-refractivity contribution in [1.82, 2.24) is 19.6 Å². The summed E-state index contributed by atoms with van der Waals surface area (Å²) in [4.78, 5) is 27.9. The van der Waals surface area contributed by atoms with Crippen LogP contribution in [0.2, 0.25) is 0 Å². The van der Waals surface area contributed by atoms with Crippen molar-refractivity contribution in [3.63, 3.8) is 0 Å². The Balaban J connectivity index is 2.39. The van der Waals surface area contributed by atoms with Gasteiger partial charge in [-0.1, -0.05) is 0 Å². The zero-order valence-electron chi connectivity index (χ0n) is 9.22. The van der Waals surface area contributed by atoms with Gasteiger partial charge in [0, 0.05) is 7.05 Å². The van der Waals surface area contributed by atoms with Crippen LogP contribution in [0, 0.1) is 0 Å². The summed E-state index contributed by atoms with van der Waals surface area (Å²) in [6.07, 6.45) is -1.50. The third-order valence-corrected chi connectivity index (χ3v) is 3.12. The number of carbonyl (C=O) groups excluding carboxylic acids is 2. The molecule has 2 aliphatic heterocycles. The van der Waals surface area contributed by atoms with E-state index in [1.165, 1.54) is 11.9 Å². The molecular weight excluding hydrogens is 232 g/mol. The Labute approximate surface area is 97.0 Å². The molecule has 96 valence electrons. The molecule has 2 aliphatic rings. The number of aliphatic hydroxyl groups is 3. The topological polar surface area (TPSA) is 108 Å². The van der Waals surface area contributed by atoms with Gasteiger partial charge in [-0.15, -0.1) is 0 Å². The van der Waals surface area contributed by atoms with E-state index in [0.29, 0.717) is 0 Å². The summed E-state index contributed by atoms with van der Waals surface area (Å²) in [5.41, 5.74) is 0. The van der Waals surface area contributed by atoms with Crippen molar-refractivity contribution >= 4 is 12.1 Å². The summed E-state index contributed by atoms with van der Waals surface area (Å²) >= 11 is 0. The zero-order valence-corrected chi connectivity index (χ0v) is 9.22. The second-order valence-corrected chi connectivity index (χ2v) is 3.84. The second-order valence-electron chi connectivity index (χ2n) is 3.84. The number of likely N-dealkylation sites (N-methyl/N-ethyl adjacent to an activating group) is 1. The molecule has 2 fully saturated rings. The van der Waals surface area contributed by atoms with Crippen LogP contribution in [-0.4, -0.2) is 86.6 Å². The SMILES string of the molecule is CN1C(=O)N(CO)[C@H]2[C@H]1N(CO)C(=O)N2CO. The standard InChI is InChI=1S/C8H14N4O5/c1-9-5-6(11(3-14)7(9)16)12(4-15)8(17)10(5)2-13/h5-6,13-15H,2-4H2,1H3/t5-,6-/m1/s1. The van der Waals surface area contributed by atoms with E-state index in [9.17, 15) is 9.59 Å². The lowest BCUT2D eigenvalue weighted by Gasteiger charge is -2.25. The minimum Gasteiger partial charge on any atom is -0.376 e. The maximum Gasteiger partial charge on any atom is 0.327 e. The molecule has 9 nitrogen and oxygen atoms in total. The van der Waals surface area contributed by atoms with E-state index < -0.39 is 44.6 Å². The largest absolute Gasteiger partial charge is 0.376 e. The first-order chi connectivity index (χ1) is 8.08. The van der Waals surface area contributed by atoms with Crippen molar-refractivity contribution in [3.8, 4) is 0 Å². The fraction of sp³-hybridized carbons (Fsp3) is 0.750. The van der Waals surface area contributed by atoms with Gasteiger partial charge in [-0.3, -0.25) is 14.7 Å². The van der Waals surface area contributed by atoms with Crippen LogP contribution in [0.15, 0.2) is 0 Å². The van der Waals surface area contributed by atoms with Crippen molar-refractivity contribution in [1.29, 1.82) is 0 Å². The van der Waals surface area contributed by atoms with Crippen LogP contribution in [0.1, 0.15) is 0 Å². The lowest BCUT2D eigenvalue weighted by Crippen LogP contribution is -2.47. The number of rotatable bonds is 3. The van der Waals surface area contributed by atoms with Crippen molar-refractivity contribution in [2.75, 3.05) is 27.2 Å². The summed E-state index contributed by atoms with van der Waals surface area (Å²) in [5.74, 6) is 0. The molecular formula is C8H14N4O5. The molecule has 0 aliphatic carbocycles. The van der Waals surface area contributed by atoms with Gasteiger partial charge >= 0.3 is 12.1 Å². The number of fused-ring (bicyclic) bond motifs is 1. The summed E-state index contributed by atoms with van der Waals surface area (Å²) in [6, 6.07) is -1.05. The molecule has 2 heterocycles. The monoisotopic (exact) mass is 246 g/mol. The van der Waals surface area contributed by atoms with Crippen LogP contribution >= 0.6 is 0 Å². The Morgan fingerprint density at radius 2 is 1.29 bits per heavy atom. The average Bonchev–Trinajstić information content (AvgIpc) is 2.73. The molecule has 0 spiro atoms. The maximum atomic E-state index is 11.8. The second kappa shape index (κ2) is 4.02. The van der Waals surface area contributed by atoms with Gasteiger partial charge in [-0.2, -0.15) is 0 Å². The number of carbonyl (C=O) groups is 2. The highest BCUT2D eigenvalue weighted by molar-refractivity contribution is 5.84. The Morgan fingerprint density at radius 1 is 0.882 bits per heavy atom. The number of hydrogen-bond acceptors (Lipinski definition) is 5. The van der Waals surface area contributed by atoms with Gasteiger partial charge in [-0.25, -0.2) is 9.59 Å². The van der Waals surface area contributed by atoms with E-state index in [2.05, 4.69) is 0 Å². The average molecular weight is 246 g/mol. The fourth-order valence-corrected chi connectivity index (χ4v) is 2.31. The lowest BCUT2D eigenvalue weighted by molar-refractivity contribution is 0.0238. The van der Waals surface area contributed by atoms with E-state index in [0.717, 1.165) is 14.7 Å². The molecule has 0 bridgehead atoms. The molecule has 0 aromatic rings. The van der Waals surface area contributed by atoms with Gasteiger partial charge in [0.05, 0.1) is 0 Å². The van der Waals surface area contributed by atoms with Crippen LogP contribution in [0.25, 0.3) is 0 Å². The van der Waals surface area contributed by atoms with Crippen LogP contribution in [0.3, 0.4) is 0 Å². The van der Waals surface area contributed by atoms with Crippen molar-refractivity contribution in [2.24, 2.45) is 0 Å². The lowest BCUT2D eigenvalue weighted by atomic mass is 10.3. The van der Waals surface area contributed by atoms with Gasteiger partial charge in [0.2, 0.25) is 0 Å². The Kier molecular flexibility index (Phi) is 2.81. The molecule has 0 unspecified atom stereocenters. The molecule has 2 atom stereocenters. The van der Waals surface area contributed by atoms with E-state index in [-0.39, 0.29) is 0 Å². The van der Waals surface area contributed by atoms with Crippen LogP contribution in [0.5, 0.6) is 0 Å². The normalized spacial score (nSPS) is 28.5. The fourth-order valence-electron chi connectivity index (χ4n) is 2.31. The molecule has 2 saturated heterocycles.